The van der Waals surface area contributed by atoms with E-state index in [0.717, 1.165) is 29.8 Å². The molecule has 0 radical (unpaired) electrons. The van der Waals surface area contributed by atoms with E-state index in [2.05, 4.69) is 37.9 Å². The van der Waals surface area contributed by atoms with Crippen molar-refractivity contribution in [2.45, 2.75) is 71.9 Å². The molecule has 112 valence electrons. The van der Waals surface area contributed by atoms with E-state index in [1.54, 1.807) is 0 Å². The fraction of sp³-hybridized carbons (Fsp3) is 1.00. The Labute approximate surface area is 120 Å². The SMILES string of the molecule is CCCNC1CC(C(C)C)CN(C(CC)C2CC2)C1. The van der Waals surface area contributed by atoms with E-state index in [1.807, 2.05) is 0 Å². The van der Waals surface area contributed by atoms with Crippen molar-refractivity contribution < 1.29 is 0 Å². The van der Waals surface area contributed by atoms with Gasteiger partial charge in [-0.25, -0.2) is 0 Å². The maximum Gasteiger partial charge on any atom is 0.0198 e. The van der Waals surface area contributed by atoms with Crippen LogP contribution >= 0.6 is 0 Å². The van der Waals surface area contributed by atoms with Crippen LogP contribution in [0.4, 0.5) is 0 Å². The number of hydrogen-bond donors (Lipinski definition) is 1. The van der Waals surface area contributed by atoms with Gasteiger partial charge in [-0.05, 0) is 56.4 Å². The van der Waals surface area contributed by atoms with Crippen molar-refractivity contribution in [2.75, 3.05) is 19.6 Å². The molecule has 1 N–H and O–H groups in total. The number of hydrogen-bond acceptors (Lipinski definition) is 2. The zero-order chi connectivity index (χ0) is 13.8. The third-order valence-corrected chi connectivity index (χ3v) is 5.19. The lowest BCUT2D eigenvalue weighted by atomic mass is 9.84. The monoisotopic (exact) mass is 266 g/mol. The second-order valence-corrected chi connectivity index (χ2v) is 7.16. The molecule has 2 rings (SSSR count). The quantitative estimate of drug-likeness (QED) is 0.758. The van der Waals surface area contributed by atoms with Crippen LogP contribution in [0.25, 0.3) is 0 Å². The lowest BCUT2D eigenvalue weighted by molar-refractivity contribution is 0.0672. The summed E-state index contributed by atoms with van der Waals surface area (Å²) in [5, 5.41) is 3.78. The first kappa shape index (κ1) is 15.3. The number of nitrogens with one attached hydrogen (secondary N) is 1. The van der Waals surface area contributed by atoms with Crippen LogP contribution in [-0.4, -0.2) is 36.6 Å². The van der Waals surface area contributed by atoms with Crippen molar-refractivity contribution in [3.05, 3.63) is 0 Å². The molecule has 2 aliphatic rings. The molecule has 3 unspecified atom stereocenters. The molecule has 2 nitrogen and oxygen atoms in total. The summed E-state index contributed by atoms with van der Waals surface area (Å²) in [6.07, 6.45) is 6.94. The third-order valence-electron chi connectivity index (χ3n) is 5.19. The van der Waals surface area contributed by atoms with Gasteiger partial charge in [0, 0.05) is 25.2 Å². The summed E-state index contributed by atoms with van der Waals surface area (Å²) in [5.74, 6) is 2.73. The maximum absolute atomic E-state index is 3.78. The summed E-state index contributed by atoms with van der Waals surface area (Å²) in [7, 11) is 0. The highest BCUT2D eigenvalue weighted by Gasteiger charge is 2.38. The Bertz CT molecular complexity index is 260. The second-order valence-electron chi connectivity index (χ2n) is 7.16. The third kappa shape index (κ3) is 4.19. The van der Waals surface area contributed by atoms with Crippen molar-refractivity contribution in [3.8, 4) is 0 Å². The summed E-state index contributed by atoms with van der Waals surface area (Å²) in [5.41, 5.74) is 0. The van der Waals surface area contributed by atoms with Gasteiger partial charge in [0.1, 0.15) is 0 Å². The second kappa shape index (κ2) is 7.08. The highest BCUT2D eigenvalue weighted by atomic mass is 15.2. The maximum atomic E-state index is 3.78. The molecular formula is C17H34N2. The van der Waals surface area contributed by atoms with Gasteiger partial charge in [-0.2, -0.15) is 0 Å². The fourth-order valence-electron chi connectivity index (χ4n) is 3.79. The predicted octanol–water partition coefficient (Wildman–Crippen LogP) is 3.52. The largest absolute Gasteiger partial charge is 0.313 e. The number of likely N-dealkylation sites (tertiary alicyclic amines) is 1. The molecule has 1 aliphatic heterocycles. The minimum absolute atomic E-state index is 0.730. The van der Waals surface area contributed by atoms with Gasteiger partial charge in [-0.1, -0.05) is 27.7 Å². The van der Waals surface area contributed by atoms with Gasteiger partial charge in [0.05, 0.1) is 0 Å². The van der Waals surface area contributed by atoms with E-state index < -0.39 is 0 Å². The van der Waals surface area contributed by atoms with Crippen molar-refractivity contribution in [2.24, 2.45) is 17.8 Å². The highest BCUT2D eigenvalue weighted by molar-refractivity contribution is 4.93. The van der Waals surface area contributed by atoms with Crippen LogP contribution in [0.3, 0.4) is 0 Å². The van der Waals surface area contributed by atoms with Gasteiger partial charge in [0.25, 0.3) is 0 Å². The van der Waals surface area contributed by atoms with Crippen LogP contribution in [0.15, 0.2) is 0 Å². The molecule has 1 saturated carbocycles. The van der Waals surface area contributed by atoms with Crippen LogP contribution < -0.4 is 5.32 Å². The van der Waals surface area contributed by atoms with E-state index in [4.69, 9.17) is 0 Å². The summed E-state index contributed by atoms with van der Waals surface area (Å²) >= 11 is 0. The Morgan fingerprint density at radius 3 is 2.37 bits per heavy atom. The molecule has 1 saturated heterocycles. The molecule has 3 atom stereocenters. The molecule has 2 fully saturated rings. The highest BCUT2D eigenvalue weighted by Crippen LogP contribution is 2.38. The zero-order valence-corrected chi connectivity index (χ0v) is 13.5. The van der Waals surface area contributed by atoms with Gasteiger partial charge >= 0.3 is 0 Å². The van der Waals surface area contributed by atoms with Crippen molar-refractivity contribution >= 4 is 0 Å². The minimum atomic E-state index is 0.730. The molecule has 0 bridgehead atoms. The van der Waals surface area contributed by atoms with E-state index in [0.29, 0.717) is 0 Å². The molecule has 0 aromatic heterocycles. The van der Waals surface area contributed by atoms with Crippen LogP contribution in [0.5, 0.6) is 0 Å². The number of piperidine rings is 1. The molecule has 0 aromatic carbocycles. The first-order chi connectivity index (χ1) is 9.15. The van der Waals surface area contributed by atoms with Gasteiger partial charge < -0.3 is 5.32 Å². The van der Waals surface area contributed by atoms with Crippen LogP contribution in [0.2, 0.25) is 0 Å². The van der Waals surface area contributed by atoms with Crippen molar-refractivity contribution in [1.82, 2.24) is 10.2 Å². The molecule has 1 aliphatic carbocycles. The van der Waals surface area contributed by atoms with Gasteiger partial charge in [0.2, 0.25) is 0 Å². The topological polar surface area (TPSA) is 15.3 Å². The first-order valence-electron chi connectivity index (χ1n) is 8.63. The molecule has 2 heteroatoms. The van der Waals surface area contributed by atoms with E-state index in [-0.39, 0.29) is 0 Å². The summed E-state index contributed by atoms with van der Waals surface area (Å²) in [6, 6.07) is 1.60. The van der Waals surface area contributed by atoms with Crippen molar-refractivity contribution in [1.29, 1.82) is 0 Å². The molecular weight excluding hydrogens is 232 g/mol. The minimum Gasteiger partial charge on any atom is -0.313 e. The lowest BCUT2D eigenvalue weighted by Gasteiger charge is -2.43. The Morgan fingerprint density at radius 2 is 1.84 bits per heavy atom. The number of rotatable bonds is 7. The Kier molecular flexibility index (Phi) is 5.70. The average molecular weight is 266 g/mol. The van der Waals surface area contributed by atoms with Crippen LogP contribution in [0, 0.1) is 17.8 Å². The molecule has 19 heavy (non-hydrogen) atoms. The Balaban J connectivity index is 1.96. The average Bonchev–Trinajstić information content (AvgIpc) is 3.21. The standard InChI is InChI=1S/C17H34N2/c1-5-9-18-16-10-15(13(3)4)11-19(12-16)17(6-2)14-7-8-14/h13-18H,5-12H2,1-4H3. The predicted molar refractivity (Wildman–Crippen MR) is 83.4 cm³/mol. The van der Waals surface area contributed by atoms with Crippen LogP contribution in [0.1, 0.15) is 59.8 Å². The summed E-state index contributed by atoms with van der Waals surface area (Å²) < 4.78 is 0. The van der Waals surface area contributed by atoms with Gasteiger partial charge in [-0.3, -0.25) is 4.90 Å². The lowest BCUT2D eigenvalue weighted by Crippen LogP contribution is -2.54. The fourth-order valence-corrected chi connectivity index (χ4v) is 3.79. The molecule has 0 spiro atoms. The van der Waals surface area contributed by atoms with E-state index in [9.17, 15) is 0 Å². The summed E-state index contributed by atoms with van der Waals surface area (Å²) in [4.78, 5) is 2.83. The molecule has 0 amide bonds. The van der Waals surface area contributed by atoms with Gasteiger partial charge in [-0.15, -0.1) is 0 Å². The molecule has 1 heterocycles. The summed E-state index contributed by atoms with van der Waals surface area (Å²) in [6.45, 7) is 13.3. The zero-order valence-electron chi connectivity index (χ0n) is 13.5. The molecule has 0 aromatic rings. The van der Waals surface area contributed by atoms with E-state index >= 15 is 0 Å². The van der Waals surface area contributed by atoms with Crippen LogP contribution in [-0.2, 0) is 0 Å². The normalized spacial score (nSPS) is 30.8. The first-order valence-corrected chi connectivity index (χ1v) is 8.63. The number of nitrogens with zero attached hydrogens (tertiary/aromatic N) is 1. The van der Waals surface area contributed by atoms with Crippen molar-refractivity contribution in [3.63, 3.8) is 0 Å². The Morgan fingerprint density at radius 1 is 1.11 bits per heavy atom. The Hall–Kier alpha value is -0.0800. The van der Waals surface area contributed by atoms with Gasteiger partial charge in [0.15, 0.2) is 0 Å². The smallest absolute Gasteiger partial charge is 0.0198 e. The van der Waals surface area contributed by atoms with E-state index in [1.165, 1.54) is 51.7 Å².